The van der Waals surface area contributed by atoms with E-state index in [4.69, 9.17) is 0 Å². The second-order valence-electron chi connectivity index (χ2n) is 6.08. The number of benzene rings is 3. The molecule has 3 aromatic carbocycles. The number of thioether (sulfide) groups is 1. The molecule has 1 saturated heterocycles. The van der Waals surface area contributed by atoms with Crippen LogP contribution in [0.2, 0.25) is 0 Å². The van der Waals surface area contributed by atoms with Gasteiger partial charge < -0.3 is 0 Å². The Labute approximate surface area is 152 Å². The summed E-state index contributed by atoms with van der Waals surface area (Å²) in [4.78, 5) is 14.0. The fourth-order valence-electron chi connectivity index (χ4n) is 3.14. The number of anilines is 1. The number of carbonyl (C=O) groups excluding carboxylic acids is 1. The van der Waals surface area contributed by atoms with Gasteiger partial charge in [0.1, 0.15) is 5.37 Å². The zero-order valence-corrected chi connectivity index (χ0v) is 14.3. The Balaban J connectivity index is 1.75. The minimum absolute atomic E-state index is 0.104. The molecule has 6 heteroatoms. The van der Waals surface area contributed by atoms with E-state index in [9.17, 15) is 18.0 Å². The highest BCUT2D eigenvalue weighted by molar-refractivity contribution is 8.00. The number of alkyl halides is 3. The summed E-state index contributed by atoms with van der Waals surface area (Å²) < 4.78 is 39.1. The Kier molecular flexibility index (Phi) is 4.15. The van der Waals surface area contributed by atoms with Crippen LogP contribution in [0.5, 0.6) is 0 Å². The van der Waals surface area contributed by atoms with Gasteiger partial charge in [0.2, 0.25) is 5.91 Å². The number of hydrogen-bond donors (Lipinski definition) is 0. The SMILES string of the molecule is O=C1CS[C@H](c2cccc(C(F)(F)F)c2)N1c1ccc2ccccc2c1. The van der Waals surface area contributed by atoms with Crippen LogP contribution < -0.4 is 4.90 Å². The Bertz CT molecular complexity index is 986. The molecule has 1 amide bonds. The Morgan fingerprint density at radius 3 is 2.46 bits per heavy atom. The van der Waals surface area contributed by atoms with Crippen LogP contribution in [0.1, 0.15) is 16.5 Å². The second-order valence-corrected chi connectivity index (χ2v) is 7.15. The standard InChI is InChI=1S/C20H14F3NOS/c21-20(22,23)16-7-3-6-15(10-16)19-24(18(25)12-26-19)17-9-8-13-4-1-2-5-14(13)11-17/h1-11,19H,12H2/t19-/m1/s1. The van der Waals surface area contributed by atoms with Gasteiger partial charge in [-0.15, -0.1) is 11.8 Å². The van der Waals surface area contributed by atoms with Crippen LogP contribution in [0.15, 0.2) is 66.7 Å². The molecule has 0 N–H and O–H groups in total. The third-order valence-electron chi connectivity index (χ3n) is 4.38. The van der Waals surface area contributed by atoms with E-state index in [1.807, 2.05) is 42.5 Å². The van der Waals surface area contributed by atoms with Gasteiger partial charge in [-0.25, -0.2) is 0 Å². The maximum absolute atomic E-state index is 13.0. The number of nitrogens with zero attached hydrogens (tertiary/aromatic N) is 1. The van der Waals surface area contributed by atoms with Crippen molar-refractivity contribution < 1.29 is 18.0 Å². The number of amides is 1. The summed E-state index contributed by atoms with van der Waals surface area (Å²) >= 11 is 1.34. The van der Waals surface area contributed by atoms with Crippen LogP contribution >= 0.6 is 11.8 Å². The van der Waals surface area contributed by atoms with Crippen molar-refractivity contribution in [2.45, 2.75) is 11.6 Å². The maximum atomic E-state index is 13.0. The first-order chi connectivity index (χ1) is 12.4. The highest BCUT2D eigenvalue weighted by Gasteiger charge is 2.36. The number of halogens is 3. The zero-order chi connectivity index (χ0) is 18.3. The molecule has 132 valence electrons. The van der Waals surface area contributed by atoms with E-state index in [1.165, 1.54) is 17.8 Å². The fraction of sp³-hybridized carbons (Fsp3) is 0.150. The predicted octanol–water partition coefficient (Wildman–Crippen LogP) is 5.64. The van der Waals surface area contributed by atoms with Gasteiger partial charge >= 0.3 is 6.18 Å². The lowest BCUT2D eigenvalue weighted by Gasteiger charge is -2.25. The fourth-order valence-corrected chi connectivity index (χ4v) is 4.31. The van der Waals surface area contributed by atoms with E-state index in [0.717, 1.165) is 22.9 Å². The van der Waals surface area contributed by atoms with Crippen molar-refractivity contribution in [1.29, 1.82) is 0 Å². The van der Waals surface area contributed by atoms with Gasteiger partial charge in [-0.3, -0.25) is 9.69 Å². The quantitative estimate of drug-likeness (QED) is 0.580. The van der Waals surface area contributed by atoms with Gasteiger partial charge in [0.25, 0.3) is 0 Å². The molecule has 0 bridgehead atoms. The normalized spacial score (nSPS) is 17.9. The van der Waals surface area contributed by atoms with Crippen LogP contribution in [0.4, 0.5) is 18.9 Å². The van der Waals surface area contributed by atoms with E-state index >= 15 is 0 Å². The van der Waals surface area contributed by atoms with Crippen molar-refractivity contribution in [3.05, 3.63) is 77.9 Å². The van der Waals surface area contributed by atoms with Gasteiger partial charge in [-0.2, -0.15) is 13.2 Å². The van der Waals surface area contributed by atoms with E-state index in [1.54, 1.807) is 11.0 Å². The summed E-state index contributed by atoms with van der Waals surface area (Å²) in [5, 5.41) is 1.56. The molecule has 0 aromatic heterocycles. The molecule has 26 heavy (non-hydrogen) atoms. The number of carbonyl (C=O) groups is 1. The van der Waals surface area contributed by atoms with Gasteiger partial charge in [0.15, 0.2) is 0 Å². The van der Waals surface area contributed by atoms with Crippen LogP contribution in [-0.2, 0) is 11.0 Å². The van der Waals surface area contributed by atoms with Gasteiger partial charge in [0.05, 0.1) is 11.3 Å². The lowest BCUT2D eigenvalue weighted by molar-refractivity contribution is -0.137. The lowest BCUT2D eigenvalue weighted by atomic mass is 10.1. The molecule has 1 heterocycles. The smallest absolute Gasteiger partial charge is 0.295 e. The first-order valence-electron chi connectivity index (χ1n) is 8.03. The maximum Gasteiger partial charge on any atom is 0.416 e. The highest BCUT2D eigenvalue weighted by Crippen LogP contribution is 2.43. The minimum Gasteiger partial charge on any atom is -0.295 e. The molecule has 3 aromatic rings. The van der Waals surface area contributed by atoms with Crippen LogP contribution in [-0.4, -0.2) is 11.7 Å². The van der Waals surface area contributed by atoms with Crippen molar-refractivity contribution in [2.24, 2.45) is 0 Å². The number of hydrogen-bond acceptors (Lipinski definition) is 2. The molecule has 1 aliphatic rings. The van der Waals surface area contributed by atoms with Gasteiger partial charge in [-0.1, -0.05) is 42.5 Å². The average Bonchev–Trinajstić information content (AvgIpc) is 3.02. The predicted molar refractivity (Wildman–Crippen MR) is 98.1 cm³/mol. The number of rotatable bonds is 2. The van der Waals surface area contributed by atoms with E-state index in [0.29, 0.717) is 11.3 Å². The summed E-state index contributed by atoms with van der Waals surface area (Å²) in [6.45, 7) is 0. The third kappa shape index (κ3) is 3.05. The second kappa shape index (κ2) is 6.36. The topological polar surface area (TPSA) is 20.3 Å². The summed E-state index contributed by atoms with van der Waals surface area (Å²) in [5.41, 5.74) is 0.471. The van der Waals surface area contributed by atoms with Gasteiger partial charge in [0, 0.05) is 5.69 Å². The molecule has 1 atom stereocenters. The lowest BCUT2D eigenvalue weighted by Crippen LogP contribution is -2.27. The summed E-state index contributed by atoms with van der Waals surface area (Å²) in [6.07, 6.45) is -4.41. The molecule has 1 fully saturated rings. The van der Waals surface area contributed by atoms with E-state index < -0.39 is 17.1 Å². The molecule has 0 spiro atoms. The largest absolute Gasteiger partial charge is 0.416 e. The van der Waals surface area contributed by atoms with E-state index in [-0.39, 0.29) is 11.7 Å². The molecular formula is C20H14F3NOS. The number of fused-ring (bicyclic) bond motifs is 1. The molecule has 2 nitrogen and oxygen atoms in total. The summed E-state index contributed by atoms with van der Waals surface area (Å²) in [6, 6.07) is 18.6. The minimum atomic E-state index is -4.41. The molecule has 0 aliphatic carbocycles. The molecule has 1 aliphatic heterocycles. The van der Waals surface area contributed by atoms with Crippen molar-refractivity contribution in [1.82, 2.24) is 0 Å². The van der Waals surface area contributed by atoms with Gasteiger partial charge in [-0.05, 0) is 40.6 Å². The van der Waals surface area contributed by atoms with Crippen molar-refractivity contribution in [3.8, 4) is 0 Å². The molecule has 0 unspecified atom stereocenters. The Morgan fingerprint density at radius 1 is 0.923 bits per heavy atom. The van der Waals surface area contributed by atoms with Crippen LogP contribution in [0, 0.1) is 0 Å². The zero-order valence-electron chi connectivity index (χ0n) is 13.5. The summed E-state index contributed by atoms with van der Waals surface area (Å²) in [5.74, 6) is 0.140. The van der Waals surface area contributed by atoms with Crippen LogP contribution in [0.3, 0.4) is 0 Å². The first-order valence-corrected chi connectivity index (χ1v) is 9.08. The molecule has 0 saturated carbocycles. The van der Waals surface area contributed by atoms with Crippen molar-refractivity contribution in [3.63, 3.8) is 0 Å². The van der Waals surface area contributed by atoms with E-state index in [2.05, 4.69) is 0 Å². The monoisotopic (exact) mass is 373 g/mol. The first kappa shape index (κ1) is 17.0. The average molecular weight is 373 g/mol. The van der Waals surface area contributed by atoms with Crippen LogP contribution in [0.25, 0.3) is 10.8 Å². The summed E-state index contributed by atoms with van der Waals surface area (Å²) in [7, 11) is 0. The Morgan fingerprint density at radius 2 is 1.69 bits per heavy atom. The van der Waals surface area contributed by atoms with Crippen molar-refractivity contribution in [2.75, 3.05) is 10.7 Å². The molecule has 4 rings (SSSR count). The van der Waals surface area contributed by atoms with Crippen molar-refractivity contribution >= 4 is 34.1 Å². The molecule has 0 radical (unpaired) electrons. The highest BCUT2D eigenvalue weighted by atomic mass is 32.2. The Hall–Kier alpha value is -2.47. The molecular weight excluding hydrogens is 359 g/mol. The third-order valence-corrected chi connectivity index (χ3v) is 5.59.